The van der Waals surface area contributed by atoms with Crippen LogP contribution in [0.1, 0.15) is 11.7 Å². The molecule has 7 heteroatoms. The highest BCUT2D eigenvalue weighted by molar-refractivity contribution is 6.33. The van der Waals surface area contributed by atoms with Gasteiger partial charge in [-0.2, -0.15) is 4.98 Å². The molecule has 19 heavy (non-hydrogen) atoms. The third kappa shape index (κ3) is 3.13. The first-order chi connectivity index (χ1) is 9.61. The molecule has 0 bridgehead atoms. The summed E-state index contributed by atoms with van der Waals surface area (Å²) in [5.41, 5.74) is 0.890. The van der Waals surface area contributed by atoms with Crippen LogP contribution >= 0.6 is 23.2 Å². The highest BCUT2D eigenvalue weighted by atomic mass is 35.5. The number of hydrogen-bond acceptors (Lipinski definition) is 4. The van der Waals surface area contributed by atoms with Crippen LogP contribution in [0.3, 0.4) is 0 Å². The summed E-state index contributed by atoms with van der Waals surface area (Å²) in [5.74, 6) is -0.0582. The van der Waals surface area contributed by atoms with Crippen molar-refractivity contribution in [2.24, 2.45) is 0 Å². The van der Waals surface area contributed by atoms with Crippen molar-refractivity contribution in [3.63, 3.8) is 0 Å². The van der Waals surface area contributed by atoms with Crippen molar-refractivity contribution in [1.82, 2.24) is 15.3 Å². The summed E-state index contributed by atoms with van der Waals surface area (Å²) in [6.07, 6.45) is 1.37. The quantitative estimate of drug-likeness (QED) is 0.855. The summed E-state index contributed by atoms with van der Waals surface area (Å²) in [4.78, 5) is 19.5. The van der Waals surface area contributed by atoms with Gasteiger partial charge < -0.3 is 10.6 Å². The van der Waals surface area contributed by atoms with Gasteiger partial charge in [-0.25, -0.2) is 4.98 Å². The number of rotatable bonds is 3. The van der Waals surface area contributed by atoms with Crippen LogP contribution in [0, 0.1) is 0 Å². The van der Waals surface area contributed by atoms with E-state index in [0.29, 0.717) is 17.1 Å². The highest BCUT2D eigenvalue weighted by Gasteiger charge is 2.11. The number of carbonyl (C=O) groups is 1. The lowest BCUT2D eigenvalue weighted by Gasteiger charge is -2.11. The average molecular weight is 298 g/mol. The van der Waals surface area contributed by atoms with E-state index < -0.39 is 0 Å². The van der Waals surface area contributed by atoms with Crippen molar-refractivity contribution in [1.29, 1.82) is 0 Å². The third-order valence-electron chi connectivity index (χ3n) is 2.30. The Morgan fingerprint density at radius 1 is 1.37 bits per heavy atom. The van der Waals surface area contributed by atoms with Crippen molar-refractivity contribution in [3.05, 3.63) is 46.3 Å². The average Bonchev–Trinajstić information content (AvgIpc) is 2.44. The van der Waals surface area contributed by atoms with Gasteiger partial charge in [0.1, 0.15) is 5.02 Å². The van der Waals surface area contributed by atoms with Crippen molar-refractivity contribution < 1.29 is 6.17 Å². The maximum Gasteiger partial charge on any atom is 0.253 e. The molecule has 0 aliphatic carbocycles. The number of anilines is 2. The minimum atomic E-state index is -0.362. The number of nitrogens with zero attached hydrogens (tertiary/aromatic N) is 2. The van der Waals surface area contributed by atoms with E-state index in [-0.39, 0.29) is 23.2 Å². The number of hydrogen-bond donors (Lipinski definition) is 2. The van der Waals surface area contributed by atoms with Crippen molar-refractivity contribution >= 4 is 40.6 Å². The van der Waals surface area contributed by atoms with Gasteiger partial charge in [0.2, 0.25) is 5.28 Å². The molecule has 5 nitrogen and oxygen atoms in total. The Bertz CT molecular complexity index is 639. The number of nitrogens with one attached hydrogen (secondary N) is 2. The number of aromatic nitrogens is 2. The Morgan fingerprint density at radius 3 is 2.95 bits per heavy atom. The lowest BCUT2D eigenvalue weighted by atomic mass is 10.1. The van der Waals surface area contributed by atoms with E-state index >= 15 is 0 Å². The van der Waals surface area contributed by atoms with Crippen LogP contribution in [-0.4, -0.2) is 22.9 Å². The van der Waals surface area contributed by atoms with E-state index in [4.69, 9.17) is 24.6 Å². The van der Waals surface area contributed by atoms with Gasteiger partial charge >= 0.3 is 0 Å². The highest BCUT2D eigenvalue weighted by Crippen LogP contribution is 2.25. The molecule has 0 atom stereocenters. The summed E-state index contributed by atoms with van der Waals surface area (Å²) < 4.78 is 7.02. The Kier molecular flexibility index (Phi) is 3.76. The molecule has 0 fully saturated rings. The van der Waals surface area contributed by atoms with Crippen LogP contribution in [0.4, 0.5) is 11.5 Å². The largest absolute Gasteiger partial charge is 0.355 e. The monoisotopic (exact) mass is 297 g/mol. The van der Waals surface area contributed by atoms with E-state index in [0.717, 1.165) is 0 Å². The van der Waals surface area contributed by atoms with Gasteiger partial charge in [0.05, 0.1) is 17.4 Å². The first-order valence-corrected chi connectivity index (χ1v) is 5.99. The fraction of sp³-hybridized carbons (Fsp3) is 0.0833. The van der Waals surface area contributed by atoms with Gasteiger partial charge in [-0.05, 0) is 23.7 Å². The van der Waals surface area contributed by atoms with Gasteiger partial charge in [0.25, 0.3) is 5.91 Å². The predicted molar refractivity (Wildman–Crippen MR) is 75.2 cm³/mol. The van der Waals surface area contributed by atoms with Crippen LogP contribution in [0.5, 0.6) is 0 Å². The molecular formula is C12H10Cl2N4O. The maximum absolute atomic E-state index is 11.8. The summed E-state index contributed by atoms with van der Waals surface area (Å²) in [5, 5.41) is 5.67. The molecule has 0 saturated heterocycles. The standard InChI is InChI=1S/C12H10Cl2N4O/c1-15-11(19)7-4-2-3-5-9(7)17-10-8(13)6-16-12(14)18-10/h2-6H,1H3,(H,15,19)(H,16,17,18)/i1D. The summed E-state index contributed by atoms with van der Waals surface area (Å²) in [7, 11) is -0.201. The van der Waals surface area contributed by atoms with Gasteiger partial charge in [-0.15, -0.1) is 0 Å². The van der Waals surface area contributed by atoms with Gasteiger partial charge in [0, 0.05) is 8.39 Å². The first-order valence-electron chi connectivity index (χ1n) is 5.94. The lowest BCUT2D eigenvalue weighted by molar-refractivity contribution is 0.0964. The van der Waals surface area contributed by atoms with Crippen molar-refractivity contribution in [2.75, 3.05) is 12.3 Å². The SMILES string of the molecule is [2H]CNC(=O)c1ccccc1Nc1nc(Cl)ncc1Cl. The molecule has 2 rings (SSSR count). The van der Waals surface area contributed by atoms with E-state index in [2.05, 4.69) is 20.6 Å². The molecule has 1 heterocycles. The van der Waals surface area contributed by atoms with E-state index in [9.17, 15) is 4.79 Å². The number of para-hydroxylation sites is 1. The smallest absolute Gasteiger partial charge is 0.253 e. The topological polar surface area (TPSA) is 66.9 Å². The van der Waals surface area contributed by atoms with Crippen LogP contribution < -0.4 is 10.6 Å². The Balaban J connectivity index is 2.34. The third-order valence-corrected chi connectivity index (χ3v) is 2.76. The van der Waals surface area contributed by atoms with Crippen LogP contribution in [0.15, 0.2) is 30.5 Å². The summed E-state index contributed by atoms with van der Waals surface area (Å²) in [6.45, 7) is 0. The van der Waals surface area contributed by atoms with Gasteiger partial charge in [0.15, 0.2) is 5.82 Å². The summed E-state index contributed by atoms with van der Waals surface area (Å²) >= 11 is 11.7. The molecule has 98 valence electrons. The molecule has 1 aromatic carbocycles. The van der Waals surface area contributed by atoms with Crippen LogP contribution in [0.2, 0.25) is 10.3 Å². The van der Waals surface area contributed by atoms with Crippen LogP contribution in [-0.2, 0) is 0 Å². The Morgan fingerprint density at radius 2 is 2.16 bits per heavy atom. The zero-order chi connectivity index (χ0) is 14.5. The van der Waals surface area contributed by atoms with Gasteiger partial charge in [-0.3, -0.25) is 4.79 Å². The first kappa shape index (κ1) is 12.2. The second-order valence-corrected chi connectivity index (χ2v) is 4.26. The molecule has 0 radical (unpaired) electrons. The maximum atomic E-state index is 11.8. The second kappa shape index (κ2) is 5.86. The van der Waals surface area contributed by atoms with E-state index in [1.54, 1.807) is 24.3 Å². The molecule has 0 unspecified atom stereocenters. The molecule has 0 saturated carbocycles. The van der Waals surface area contributed by atoms with E-state index in [1.165, 1.54) is 6.20 Å². The fourth-order valence-electron chi connectivity index (χ4n) is 1.45. The summed E-state index contributed by atoms with van der Waals surface area (Å²) in [6, 6.07) is 6.81. The van der Waals surface area contributed by atoms with Crippen LogP contribution in [0.25, 0.3) is 0 Å². The molecular weight excluding hydrogens is 287 g/mol. The molecule has 2 aromatic rings. The predicted octanol–water partition coefficient (Wildman–Crippen LogP) is 2.89. The zero-order valence-corrected chi connectivity index (χ0v) is 11.2. The molecule has 0 aliphatic heterocycles. The molecule has 1 amide bonds. The molecule has 2 N–H and O–H groups in total. The van der Waals surface area contributed by atoms with Gasteiger partial charge in [-0.1, -0.05) is 23.7 Å². The normalized spacial score (nSPS) is 10.7. The minimum Gasteiger partial charge on any atom is -0.355 e. The zero-order valence-electron chi connectivity index (χ0n) is 10.7. The lowest BCUT2D eigenvalue weighted by Crippen LogP contribution is -2.19. The van der Waals surface area contributed by atoms with Crippen molar-refractivity contribution in [2.45, 2.75) is 0 Å². The molecule has 1 aromatic heterocycles. The van der Waals surface area contributed by atoms with E-state index in [1.807, 2.05) is 0 Å². The molecule has 0 aliphatic rings. The Hall–Kier alpha value is -1.85. The second-order valence-electron chi connectivity index (χ2n) is 3.51. The minimum absolute atomic E-state index is 0.0463. The fourth-order valence-corrected chi connectivity index (χ4v) is 1.72. The number of benzene rings is 1. The Labute approximate surface area is 121 Å². The van der Waals surface area contributed by atoms with Crippen molar-refractivity contribution in [3.8, 4) is 0 Å². The molecule has 0 spiro atoms. The number of amides is 1. The number of halogens is 2. The number of carbonyl (C=O) groups excluding carboxylic acids is 1.